The summed E-state index contributed by atoms with van der Waals surface area (Å²) in [5.74, 6) is -1.75. The first-order valence-corrected chi connectivity index (χ1v) is 7.66. The second-order valence-electron chi connectivity index (χ2n) is 4.17. The summed E-state index contributed by atoms with van der Waals surface area (Å²) in [6.45, 7) is 2.60. The van der Waals surface area contributed by atoms with Gasteiger partial charge in [-0.1, -0.05) is 6.92 Å². The van der Waals surface area contributed by atoms with E-state index in [1.807, 2.05) is 6.07 Å². The summed E-state index contributed by atoms with van der Waals surface area (Å²) in [5, 5.41) is 11.9. The van der Waals surface area contributed by atoms with Gasteiger partial charge < -0.3 is 10.4 Å². The Balaban J connectivity index is 2.14. The first-order chi connectivity index (χ1) is 9.52. The van der Waals surface area contributed by atoms with Crippen LogP contribution in [0.15, 0.2) is 28.7 Å². The second kappa shape index (κ2) is 6.37. The Kier molecular flexibility index (Phi) is 4.77. The molecule has 1 aromatic carbocycles. The molecule has 1 heterocycles. The third-order valence-electron chi connectivity index (χ3n) is 2.83. The van der Waals surface area contributed by atoms with Crippen LogP contribution in [0.3, 0.4) is 0 Å². The monoisotopic (exact) mass is 357 g/mol. The number of rotatable bonds is 5. The van der Waals surface area contributed by atoms with Crippen LogP contribution in [0.4, 0.5) is 10.1 Å². The van der Waals surface area contributed by atoms with E-state index in [1.54, 1.807) is 11.3 Å². The lowest BCUT2D eigenvalue weighted by molar-refractivity contribution is 0.0695. The molecule has 0 spiro atoms. The Morgan fingerprint density at radius 1 is 1.35 bits per heavy atom. The van der Waals surface area contributed by atoms with Crippen LogP contribution in [-0.2, 0) is 13.0 Å². The lowest BCUT2D eigenvalue weighted by Gasteiger charge is -2.09. The molecule has 2 rings (SSSR count). The van der Waals surface area contributed by atoms with Crippen molar-refractivity contribution >= 4 is 38.9 Å². The van der Waals surface area contributed by atoms with Gasteiger partial charge in [0.1, 0.15) is 0 Å². The molecule has 0 unspecified atom stereocenters. The largest absolute Gasteiger partial charge is 0.478 e. The molecule has 1 aromatic heterocycles. The molecule has 3 nitrogen and oxygen atoms in total. The molecular weight excluding hydrogens is 345 g/mol. The van der Waals surface area contributed by atoms with Crippen molar-refractivity contribution in [1.82, 2.24) is 0 Å². The summed E-state index contributed by atoms with van der Waals surface area (Å²) in [6.07, 6.45) is 0.984. The molecule has 6 heteroatoms. The highest BCUT2D eigenvalue weighted by molar-refractivity contribution is 9.10. The van der Waals surface area contributed by atoms with Crippen molar-refractivity contribution in [2.45, 2.75) is 19.9 Å². The molecule has 0 atom stereocenters. The minimum Gasteiger partial charge on any atom is -0.478 e. The van der Waals surface area contributed by atoms with Crippen molar-refractivity contribution in [2.75, 3.05) is 5.32 Å². The van der Waals surface area contributed by atoms with Crippen molar-refractivity contribution in [1.29, 1.82) is 0 Å². The first kappa shape index (κ1) is 15.0. The number of nitrogens with one attached hydrogen (secondary N) is 1. The Morgan fingerprint density at radius 2 is 2.05 bits per heavy atom. The minimum absolute atomic E-state index is 0.0320. The number of hydrogen-bond acceptors (Lipinski definition) is 3. The van der Waals surface area contributed by atoms with Crippen molar-refractivity contribution in [3.8, 4) is 0 Å². The zero-order chi connectivity index (χ0) is 14.7. The van der Waals surface area contributed by atoms with Gasteiger partial charge in [0.25, 0.3) is 0 Å². The van der Waals surface area contributed by atoms with E-state index in [1.165, 1.54) is 17.0 Å². The third kappa shape index (κ3) is 3.19. The van der Waals surface area contributed by atoms with Crippen molar-refractivity contribution in [3.05, 3.63) is 49.9 Å². The average molecular weight is 358 g/mol. The molecule has 2 aromatic rings. The number of thiophene rings is 1. The highest BCUT2D eigenvalue weighted by atomic mass is 79.9. The smallest absolute Gasteiger partial charge is 0.336 e. The standard InChI is InChI=1S/C14H13BrFNO2S/c1-2-8-3-4-9(20-8)7-17-11-6-5-10(14(18)19)12(15)13(11)16/h3-6,17H,2,7H2,1H3,(H,18,19). The SMILES string of the molecule is CCc1ccc(CNc2ccc(C(=O)O)c(Br)c2F)s1. The summed E-state index contributed by atoms with van der Waals surface area (Å²) in [5.41, 5.74) is 0.200. The van der Waals surface area contributed by atoms with Crippen LogP contribution in [0.5, 0.6) is 0 Å². The molecule has 0 saturated carbocycles. The summed E-state index contributed by atoms with van der Waals surface area (Å²) < 4.78 is 14.0. The number of aromatic carboxylic acids is 1. The van der Waals surface area contributed by atoms with Gasteiger partial charge in [-0.2, -0.15) is 0 Å². The van der Waals surface area contributed by atoms with Crippen LogP contribution in [0, 0.1) is 5.82 Å². The molecule has 0 saturated heterocycles. The van der Waals surface area contributed by atoms with Gasteiger partial charge in [0, 0.05) is 16.3 Å². The number of anilines is 1. The number of halogens is 2. The maximum Gasteiger partial charge on any atom is 0.336 e. The number of benzene rings is 1. The van der Waals surface area contributed by atoms with E-state index < -0.39 is 11.8 Å². The normalized spacial score (nSPS) is 10.6. The van der Waals surface area contributed by atoms with Gasteiger partial charge in [-0.05, 0) is 46.6 Å². The summed E-state index contributed by atoms with van der Waals surface area (Å²) >= 11 is 4.66. The average Bonchev–Trinajstić information content (AvgIpc) is 2.88. The van der Waals surface area contributed by atoms with Gasteiger partial charge >= 0.3 is 5.97 Å². The Bertz CT molecular complexity index is 642. The fourth-order valence-electron chi connectivity index (χ4n) is 1.74. The number of hydrogen-bond donors (Lipinski definition) is 2. The fourth-order valence-corrected chi connectivity index (χ4v) is 3.15. The van der Waals surface area contributed by atoms with Crippen LogP contribution in [-0.4, -0.2) is 11.1 Å². The molecule has 106 valence electrons. The number of carboxylic acid groups (broad SMARTS) is 1. The molecule has 2 N–H and O–H groups in total. The Morgan fingerprint density at radius 3 is 2.65 bits per heavy atom. The Labute approximate surface area is 128 Å². The van der Waals surface area contributed by atoms with E-state index in [9.17, 15) is 9.18 Å². The molecule has 0 aliphatic carbocycles. The van der Waals surface area contributed by atoms with E-state index in [0.717, 1.165) is 11.3 Å². The number of carbonyl (C=O) groups is 1. The number of aryl methyl sites for hydroxylation is 1. The second-order valence-corrected chi connectivity index (χ2v) is 6.21. The van der Waals surface area contributed by atoms with Gasteiger partial charge in [0.15, 0.2) is 5.82 Å². The summed E-state index contributed by atoms with van der Waals surface area (Å²) in [7, 11) is 0. The van der Waals surface area contributed by atoms with Gasteiger partial charge in [0.05, 0.1) is 15.7 Å². The summed E-state index contributed by atoms with van der Waals surface area (Å²) in [6, 6.07) is 6.89. The molecule has 0 radical (unpaired) electrons. The van der Waals surface area contributed by atoms with E-state index in [0.29, 0.717) is 6.54 Å². The minimum atomic E-state index is -1.16. The predicted octanol–water partition coefficient (Wildman–Crippen LogP) is 4.52. The van der Waals surface area contributed by atoms with E-state index >= 15 is 0 Å². The molecule has 0 bridgehead atoms. The zero-order valence-corrected chi connectivity index (χ0v) is 13.1. The maximum atomic E-state index is 14.0. The topological polar surface area (TPSA) is 49.3 Å². The highest BCUT2D eigenvalue weighted by Gasteiger charge is 2.15. The zero-order valence-electron chi connectivity index (χ0n) is 10.7. The van der Waals surface area contributed by atoms with Gasteiger partial charge in [-0.15, -0.1) is 11.3 Å². The van der Waals surface area contributed by atoms with Gasteiger partial charge in [-0.25, -0.2) is 9.18 Å². The predicted molar refractivity (Wildman–Crippen MR) is 82.1 cm³/mol. The highest BCUT2D eigenvalue weighted by Crippen LogP contribution is 2.28. The first-order valence-electron chi connectivity index (χ1n) is 6.05. The van der Waals surface area contributed by atoms with Crippen LogP contribution in [0.1, 0.15) is 27.0 Å². The lowest BCUT2D eigenvalue weighted by atomic mass is 10.2. The maximum absolute atomic E-state index is 14.0. The van der Waals surface area contributed by atoms with Gasteiger partial charge in [-0.3, -0.25) is 0 Å². The van der Waals surface area contributed by atoms with Crippen molar-refractivity contribution in [2.24, 2.45) is 0 Å². The van der Waals surface area contributed by atoms with Crippen LogP contribution in [0.2, 0.25) is 0 Å². The number of carboxylic acids is 1. The van der Waals surface area contributed by atoms with Crippen LogP contribution in [0.25, 0.3) is 0 Å². The molecule has 0 aliphatic heterocycles. The quantitative estimate of drug-likeness (QED) is 0.826. The third-order valence-corrected chi connectivity index (χ3v) is 4.84. The molecule has 0 amide bonds. The molecular formula is C14H13BrFNO2S. The van der Waals surface area contributed by atoms with Gasteiger partial charge in [0.2, 0.25) is 0 Å². The van der Waals surface area contributed by atoms with E-state index in [2.05, 4.69) is 34.2 Å². The summed E-state index contributed by atoms with van der Waals surface area (Å²) in [4.78, 5) is 13.3. The van der Waals surface area contributed by atoms with Crippen LogP contribution >= 0.6 is 27.3 Å². The molecule has 20 heavy (non-hydrogen) atoms. The molecule has 0 fully saturated rings. The Hall–Kier alpha value is -1.40. The van der Waals surface area contributed by atoms with E-state index in [-0.39, 0.29) is 15.7 Å². The molecule has 0 aliphatic rings. The van der Waals surface area contributed by atoms with Crippen LogP contribution < -0.4 is 5.32 Å². The van der Waals surface area contributed by atoms with E-state index in [4.69, 9.17) is 5.11 Å². The van der Waals surface area contributed by atoms with Crippen molar-refractivity contribution in [3.63, 3.8) is 0 Å². The fraction of sp³-hybridized carbons (Fsp3) is 0.214. The lowest BCUT2D eigenvalue weighted by Crippen LogP contribution is -2.04. The van der Waals surface area contributed by atoms with Crippen molar-refractivity contribution < 1.29 is 14.3 Å².